The second-order valence-electron chi connectivity index (χ2n) is 6.29. The van der Waals surface area contributed by atoms with E-state index in [1.165, 1.54) is 11.1 Å². The van der Waals surface area contributed by atoms with Crippen molar-refractivity contribution in [1.29, 1.82) is 0 Å². The van der Waals surface area contributed by atoms with Crippen LogP contribution in [0.4, 0.5) is 11.4 Å². The first-order valence-electron chi connectivity index (χ1n) is 8.50. The van der Waals surface area contributed by atoms with Crippen LogP contribution in [0.2, 0.25) is 0 Å². The number of rotatable bonds is 4. The summed E-state index contributed by atoms with van der Waals surface area (Å²) < 4.78 is 5.34. The highest BCUT2D eigenvalue weighted by atomic mass is 16.6. The number of nitro groups is 1. The maximum absolute atomic E-state index is 11.3. The molecule has 0 aliphatic carbocycles. The first-order valence-corrected chi connectivity index (χ1v) is 8.50. The highest BCUT2D eigenvalue weighted by Crippen LogP contribution is 2.34. The van der Waals surface area contributed by atoms with E-state index in [1.807, 2.05) is 36.5 Å². The first-order chi connectivity index (χ1) is 12.7. The lowest BCUT2D eigenvalue weighted by Gasteiger charge is -2.28. The standard InChI is InChI=1S/C20H19N3O3/c1-26-15-6-7-18-16(12-15)17(13-21-18)14-8-10-22(11-9-14)19-4-2-3-5-20(19)23(24)25/h2-8,12-13,21H,9-11H2,1H3. The van der Waals surface area contributed by atoms with Gasteiger partial charge in [-0.25, -0.2) is 0 Å². The minimum absolute atomic E-state index is 0.154. The average Bonchev–Trinajstić information content (AvgIpc) is 3.11. The lowest BCUT2D eigenvalue weighted by molar-refractivity contribution is -0.384. The van der Waals surface area contributed by atoms with Crippen molar-refractivity contribution in [2.24, 2.45) is 0 Å². The van der Waals surface area contributed by atoms with Crippen LogP contribution >= 0.6 is 0 Å². The summed E-state index contributed by atoms with van der Waals surface area (Å²) in [6.45, 7) is 1.39. The number of anilines is 1. The molecule has 0 radical (unpaired) electrons. The van der Waals surface area contributed by atoms with Crippen molar-refractivity contribution in [3.8, 4) is 5.75 Å². The van der Waals surface area contributed by atoms with Crippen molar-refractivity contribution in [1.82, 2.24) is 4.98 Å². The van der Waals surface area contributed by atoms with Crippen molar-refractivity contribution >= 4 is 27.9 Å². The molecule has 1 aromatic heterocycles. The smallest absolute Gasteiger partial charge is 0.292 e. The minimum atomic E-state index is -0.319. The third-order valence-corrected chi connectivity index (χ3v) is 4.86. The Bertz CT molecular complexity index is 1010. The SMILES string of the molecule is COc1ccc2[nH]cc(C3=CCN(c4ccccc4[N+](=O)[O-])CC3)c2c1. The molecule has 0 saturated carbocycles. The lowest BCUT2D eigenvalue weighted by Crippen LogP contribution is -2.28. The molecule has 2 heterocycles. The van der Waals surface area contributed by atoms with Gasteiger partial charge in [-0.3, -0.25) is 10.1 Å². The van der Waals surface area contributed by atoms with E-state index < -0.39 is 0 Å². The van der Waals surface area contributed by atoms with Crippen molar-refractivity contribution in [2.45, 2.75) is 6.42 Å². The number of methoxy groups -OCH3 is 1. The molecule has 132 valence electrons. The Balaban J connectivity index is 1.64. The van der Waals surface area contributed by atoms with E-state index in [-0.39, 0.29) is 10.6 Å². The number of fused-ring (bicyclic) bond motifs is 1. The van der Waals surface area contributed by atoms with Crippen LogP contribution in [0, 0.1) is 10.1 Å². The van der Waals surface area contributed by atoms with Crippen molar-refractivity contribution < 1.29 is 9.66 Å². The number of nitro benzene ring substituents is 1. The molecule has 1 aliphatic heterocycles. The molecular weight excluding hydrogens is 330 g/mol. The summed E-state index contributed by atoms with van der Waals surface area (Å²) in [4.78, 5) is 16.3. The Morgan fingerprint density at radius 1 is 1.23 bits per heavy atom. The lowest BCUT2D eigenvalue weighted by atomic mass is 9.98. The fourth-order valence-corrected chi connectivity index (χ4v) is 3.51. The Labute approximate surface area is 150 Å². The van der Waals surface area contributed by atoms with Gasteiger partial charge >= 0.3 is 0 Å². The third kappa shape index (κ3) is 2.79. The predicted octanol–water partition coefficient (Wildman–Crippen LogP) is 4.38. The molecule has 4 rings (SSSR count). The molecule has 6 heteroatoms. The molecule has 1 N–H and O–H groups in total. The van der Waals surface area contributed by atoms with E-state index in [0.29, 0.717) is 12.2 Å². The Morgan fingerprint density at radius 3 is 2.81 bits per heavy atom. The molecule has 0 amide bonds. The fourth-order valence-electron chi connectivity index (χ4n) is 3.51. The highest BCUT2D eigenvalue weighted by Gasteiger charge is 2.21. The van der Waals surface area contributed by atoms with E-state index >= 15 is 0 Å². The second kappa shape index (κ2) is 6.55. The molecule has 6 nitrogen and oxygen atoms in total. The van der Waals surface area contributed by atoms with Crippen LogP contribution in [0.15, 0.2) is 54.7 Å². The summed E-state index contributed by atoms with van der Waals surface area (Å²) in [5.41, 5.74) is 4.32. The van der Waals surface area contributed by atoms with E-state index in [4.69, 9.17) is 4.74 Å². The molecule has 3 aromatic rings. The van der Waals surface area contributed by atoms with Crippen LogP contribution in [0.5, 0.6) is 5.75 Å². The summed E-state index contributed by atoms with van der Waals surface area (Å²) in [5, 5.41) is 12.4. The van der Waals surface area contributed by atoms with Gasteiger partial charge in [0.05, 0.1) is 12.0 Å². The minimum Gasteiger partial charge on any atom is -0.497 e. The molecule has 1 aliphatic rings. The van der Waals surface area contributed by atoms with Gasteiger partial charge in [0.25, 0.3) is 5.69 Å². The quantitative estimate of drug-likeness (QED) is 0.560. The molecule has 2 aromatic carbocycles. The zero-order valence-electron chi connectivity index (χ0n) is 14.4. The van der Waals surface area contributed by atoms with Gasteiger partial charge in [-0.15, -0.1) is 0 Å². The molecular formula is C20H19N3O3. The van der Waals surface area contributed by atoms with Crippen LogP contribution < -0.4 is 9.64 Å². The van der Waals surface area contributed by atoms with Gasteiger partial charge in [-0.2, -0.15) is 0 Å². The largest absolute Gasteiger partial charge is 0.497 e. The van der Waals surface area contributed by atoms with Crippen molar-refractivity contribution in [3.05, 3.63) is 70.4 Å². The Hall–Kier alpha value is -3.28. The number of aromatic amines is 1. The second-order valence-corrected chi connectivity index (χ2v) is 6.29. The van der Waals surface area contributed by atoms with Crippen molar-refractivity contribution in [2.75, 3.05) is 25.1 Å². The topological polar surface area (TPSA) is 71.4 Å². The highest BCUT2D eigenvalue weighted by molar-refractivity contribution is 5.94. The molecule has 0 bridgehead atoms. The Morgan fingerprint density at radius 2 is 2.08 bits per heavy atom. The molecule has 0 atom stereocenters. The van der Waals surface area contributed by atoms with Crippen LogP contribution in [-0.4, -0.2) is 30.1 Å². The van der Waals surface area contributed by atoms with Crippen LogP contribution in [0.3, 0.4) is 0 Å². The Kier molecular flexibility index (Phi) is 4.08. The molecule has 0 unspecified atom stereocenters. The summed E-state index contributed by atoms with van der Waals surface area (Å²) in [5.74, 6) is 0.830. The monoisotopic (exact) mass is 349 g/mol. The zero-order valence-corrected chi connectivity index (χ0v) is 14.4. The maximum atomic E-state index is 11.3. The van der Waals surface area contributed by atoms with Gasteiger partial charge < -0.3 is 14.6 Å². The summed E-state index contributed by atoms with van der Waals surface area (Å²) >= 11 is 0. The number of aromatic nitrogens is 1. The van der Waals surface area contributed by atoms with E-state index in [0.717, 1.165) is 29.6 Å². The number of nitrogens with zero attached hydrogens (tertiary/aromatic N) is 2. The van der Waals surface area contributed by atoms with Crippen molar-refractivity contribution in [3.63, 3.8) is 0 Å². The summed E-state index contributed by atoms with van der Waals surface area (Å²) in [7, 11) is 1.66. The van der Waals surface area contributed by atoms with E-state index in [9.17, 15) is 10.1 Å². The predicted molar refractivity (Wildman–Crippen MR) is 103 cm³/mol. The normalized spacial score (nSPS) is 14.3. The fraction of sp³-hybridized carbons (Fsp3) is 0.200. The number of hydrogen-bond acceptors (Lipinski definition) is 4. The van der Waals surface area contributed by atoms with E-state index in [1.54, 1.807) is 19.2 Å². The molecule has 0 fully saturated rings. The van der Waals surface area contributed by atoms with Gasteiger partial charge in [0, 0.05) is 41.8 Å². The van der Waals surface area contributed by atoms with Crippen LogP contribution in [-0.2, 0) is 0 Å². The number of ether oxygens (including phenoxy) is 1. The number of para-hydroxylation sites is 2. The number of hydrogen-bond donors (Lipinski definition) is 1. The summed E-state index contributed by atoms with van der Waals surface area (Å²) in [6, 6.07) is 12.9. The zero-order chi connectivity index (χ0) is 18.1. The molecule has 26 heavy (non-hydrogen) atoms. The van der Waals surface area contributed by atoms with E-state index in [2.05, 4.69) is 16.0 Å². The number of H-pyrrole nitrogens is 1. The van der Waals surface area contributed by atoms with Gasteiger partial charge in [0.15, 0.2) is 0 Å². The van der Waals surface area contributed by atoms with Gasteiger partial charge in [-0.05, 0) is 36.3 Å². The van der Waals surface area contributed by atoms with Crippen LogP contribution in [0.25, 0.3) is 16.5 Å². The van der Waals surface area contributed by atoms with Gasteiger partial charge in [0.1, 0.15) is 11.4 Å². The third-order valence-electron chi connectivity index (χ3n) is 4.86. The van der Waals surface area contributed by atoms with Crippen LogP contribution in [0.1, 0.15) is 12.0 Å². The van der Waals surface area contributed by atoms with Gasteiger partial charge in [0.2, 0.25) is 0 Å². The summed E-state index contributed by atoms with van der Waals surface area (Å²) in [6.07, 6.45) is 5.01. The first kappa shape index (κ1) is 16.2. The average molecular weight is 349 g/mol. The number of benzene rings is 2. The van der Waals surface area contributed by atoms with Gasteiger partial charge in [-0.1, -0.05) is 18.2 Å². The molecule has 0 spiro atoms. The maximum Gasteiger partial charge on any atom is 0.292 e. The number of nitrogens with one attached hydrogen (secondary N) is 1. The molecule has 0 saturated heterocycles.